The summed E-state index contributed by atoms with van der Waals surface area (Å²) in [5.41, 5.74) is 5.50. The Balaban J connectivity index is 0.728. The Morgan fingerprint density at radius 2 is 1.65 bits per heavy atom. The fourth-order valence-corrected chi connectivity index (χ4v) is 9.03. The van der Waals surface area contributed by atoms with Gasteiger partial charge in [-0.15, -0.1) is 11.3 Å². The molecule has 6 N–H and O–H groups in total. The molecule has 2 aromatic carbocycles. The molecule has 1 aliphatic rings. The number of carbonyl (C=O) groups excluding carboxylic acids is 4. The van der Waals surface area contributed by atoms with E-state index in [0.717, 1.165) is 32.6 Å². The number of aliphatic hydroxyl groups excluding tert-OH is 1. The first-order valence-electron chi connectivity index (χ1n) is 23.2. The second-order valence-electron chi connectivity index (χ2n) is 17.9. The van der Waals surface area contributed by atoms with Gasteiger partial charge >= 0.3 is 0 Å². The Bertz CT molecular complexity index is 2850. The highest BCUT2D eigenvalue weighted by molar-refractivity contribution is 7.13. The maximum Gasteiger partial charge on any atom is 0.262 e. The number of β-amino-alcohol motifs (C(OH)–C–C–N with tert-alkyl or cyclic N) is 1. The van der Waals surface area contributed by atoms with E-state index in [-0.39, 0.29) is 79.6 Å². The summed E-state index contributed by atoms with van der Waals surface area (Å²) in [6.07, 6.45) is 2.32. The van der Waals surface area contributed by atoms with Gasteiger partial charge in [0.1, 0.15) is 41.6 Å². The number of aromatic amines is 1. The van der Waals surface area contributed by atoms with Gasteiger partial charge in [-0.1, -0.05) is 62.7 Å². The minimum Gasteiger partial charge on any atom is -0.391 e. The average molecular weight is 1020 g/mol. The van der Waals surface area contributed by atoms with Gasteiger partial charge in [-0.25, -0.2) is 15.0 Å². The Labute approximate surface area is 418 Å². The number of aliphatic hydroxyl groups is 1. The first kappa shape index (κ1) is 52.5. The molecule has 7 rings (SSSR count). The number of pyridine rings is 1. The molecule has 1 fully saturated rings. The number of hydrogen-bond acceptors (Lipinski definition) is 15. The molecule has 6 aromatic rings. The quantitative estimate of drug-likeness (QED) is 0.0369. The van der Waals surface area contributed by atoms with Gasteiger partial charge in [-0.2, -0.15) is 0 Å². The van der Waals surface area contributed by atoms with Crippen LogP contribution in [0.2, 0.25) is 5.15 Å². The van der Waals surface area contributed by atoms with E-state index in [1.54, 1.807) is 16.8 Å². The van der Waals surface area contributed by atoms with Crippen molar-refractivity contribution >= 4 is 79.9 Å². The van der Waals surface area contributed by atoms with Gasteiger partial charge in [0.25, 0.3) is 5.56 Å². The van der Waals surface area contributed by atoms with Gasteiger partial charge in [0.05, 0.1) is 85.8 Å². The van der Waals surface area contributed by atoms with Crippen molar-refractivity contribution in [3.63, 3.8) is 0 Å². The molecule has 0 spiro atoms. The fraction of sp³-hybridized carbons (Fsp3) is 0.429. The maximum atomic E-state index is 13.9. The number of rotatable bonds is 24. The number of likely N-dealkylation sites (tertiary alicyclic amines) is 1. The van der Waals surface area contributed by atoms with Gasteiger partial charge < -0.3 is 59.8 Å². The number of aromatic nitrogens is 5. The molecule has 4 amide bonds. The number of H-pyrrole nitrogens is 1. The van der Waals surface area contributed by atoms with Crippen LogP contribution in [0, 0.1) is 12.3 Å². The molecule has 71 heavy (non-hydrogen) atoms. The number of carbonyl (C=O) groups is 4. The molecule has 22 heteroatoms. The van der Waals surface area contributed by atoms with Crippen LogP contribution in [-0.4, -0.2) is 142 Å². The highest BCUT2D eigenvalue weighted by Gasteiger charge is 2.44. The van der Waals surface area contributed by atoms with Crippen LogP contribution in [0.15, 0.2) is 77.4 Å². The zero-order valence-corrected chi connectivity index (χ0v) is 41.6. The van der Waals surface area contributed by atoms with E-state index in [2.05, 4.69) is 41.2 Å². The normalized spacial score (nSPS) is 15.3. The molecule has 0 saturated carbocycles. The summed E-state index contributed by atoms with van der Waals surface area (Å²) in [5, 5.41) is 23.6. The Kier molecular flexibility index (Phi) is 18.2. The van der Waals surface area contributed by atoms with Crippen molar-refractivity contribution in [3.8, 4) is 10.4 Å². The van der Waals surface area contributed by atoms with Crippen LogP contribution in [0.5, 0.6) is 0 Å². The minimum atomic E-state index is -0.981. The third-order valence-electron chi connectivity index (χ3n) is 11.6. The molecular weight excluding hydrogens is 956 g/mol. The smallest absolute Gasteiger partial charge is 0.262 e. The summed E-state index contributed by atoms with van der Waals surface area (Å²) in [6.45, 7) is 9.58. The summed E-state index contributed by atoms with van der Waals surface area (Å²) in [5.74, 6) is -1.27. The van der Waals surface area contributed by atoms with E-state index in [0.29, 0.717) is 50.8 Å². The summed E-state index contributed by atoms with van der Waals surface area (Å²) in [4.78, 5) is 83.5. The molecule has 0 aliphatic carbocycles. The van der Waals surface area contributed by atoms with Crippen LogP contribution in [-0.2, 0) is 51.2 Å². The largest absolute Gasteiger partial charge is 0.391 e. The van der Waals surface area contributed by atoms with Gasteiger partial charge in [0.2, 0.25) is 23.6 Å². The first-order chi connectivity index (χ1) is 34.2. The van der Waals surface area contributed by atoms with E-state index in [1.807, 2.05) is 87.0 Å². The lowest BCUT2D eigenvalue weighted by molar-refractivity contribution is -0.144. The molecule has 4 aromatic heterocycles. The van der Waals surface area contributed by atoms with Crippen molar-refractivity contribution < 1.29 is 43.2 Å². The number of amides is 4. The van der Waals surface area contributed by atoms with Crippen molar-refractivity contribution in [1.29, 1.82) is 0 Å². The molecular formula is C49H59ClN10O10S. The molecule has 0 radical (unpaired) electrons. The van der Waals surface area contributed by atoms with Crippen LogP contribution < -0.4 is 26.8 Å². The van der Waals surface area contributed by atoms with Gasteiger partial charge in [-0.05, 0) is 41.7 Å². The number of nitrogens with zero attached hydrogens (tertiary/aromatic N) is 5. The number of fused-ring (bicyclic) bond motifs is 2. The Morgan fingerprint density at radius 1 is 0.930 bits per heavy atom. The lowest BCUT2D eigenvalue weighted by Crippen LogP contribution is -2.58. The number of anilines is 2. The van der Waals surface area contributed by atoms with Crippen molar-refractivity contribution in [2.75, 3.05) is 71.3 Å². The van der Waals surface area contributed by atoms with Gasteiger partial charge in [0, 0.05) is 49.4 Å². The summed E-state index contributed by atoms with van der Waals surface area (Å²) in [7, 11) is 0. The molecule has 0 unspecified atom stereocenters. The molecule has 378 valence electrons. The standard InChI is InChI=1S/C49H59ClN10O10S/c1-30-43(71-29-55-30)32-10-8-31(9-11-32)24-52-46(64)38-22-33(61)25-60(38)48(66)44(49(2,3)4)58-41(63)27-70-21-20-69-19-18-68-17-16-67-15-13-51-40(62)26-59-14-12-34-35(6-5-7-37(34)59)56-45-42-36(23-39(50)57-45)53-28-54-47(42)65/h5-12,14,23,28-29,33,38,44,61H,13,15-22,24-27H2,1-4H3,(H,51,62)(H,52,64)(H,56,57)(H,58,63)(H,53,54,65)/t33-,38+,44-/m1/s1. The topological polar surface area (TPSA) is 253 Å². The zero-order chi connectivity index (χ0) is 50.5. The number of ether oxygens (including phenoxy) is 4. The second-order valence-corrected chi connectivity index (χ2v) is 19.2. The van der Waals surface area contributed by atoms with Crippen molar-refractivity contribution in [2.45, 2.75) is 65.4 Å². The third kappa shape index (κ3) is 14.2. The van der Waals surface area contributed by atoms with Crippen molar-refractivity contribution in [1.82, 2.24) is 45.4 Å². The maximum absolute atomic E-state index is 13.9. The Morgan fingerprint density at radius 3 is 2.35 bits per heavy atom. The molecule has 0 bridgehead atoms. The van der Waals surface area contributed by atoms with Crippen molar-refractivity contribution in [3.05, 3.63) is 99.4 Å². The predicted molar refractivity (Wildman–Crippen MR) is 268 cm³/mol. The zero-order valence-electron chi connectivity index (χ0n) is 40.0. The number of benzene rings is 2. The van der Waals surface area contributed by atoms with Crippen LogP contribution in [0.1, 0.15) is 38.4 Å². The summed E-state index contributed by atoms with van der Waals surface area (Å²) < 4.78 is 24.0. The fourth-order valence-electron chi connectivity index (χ4n) is 8.03. The molecule has 1 aliphatic heterocycles. The lowest BCUT2D eigenvalue weighted by atomic mass is 9.85. The monoisotopic (exact) mass is 1010 g/mol. The number of halogens is 1. The first-order valence-corrected chi connectivity index (χ1v) is 24.4. The van der Waals surface area contributed by atoms with E-state index in [4.69, 9.17) is 30.5 Å². The van der Waals surface area contributed by atoms with E-state index < -0.39 is 35.4 Å². The summed E-state index contributed by atoms with van der Waals surface area (Å²) >= 11 is 7.77. The summed E-state index contributed by atoms with van der Waals surface area (Å²) in [6, 6.07) is 14.9. The molecule has 1 saturated heterocycles. The molecule has 20 nitrogen and oxygen atoms in total. The SMILES string of the molecule is Cc1ncsc1-c1ccc(CNC(=O)[C@@H]2C[C@@H](O)CN2C(=O)[C@@H](NC(=O)COCCOCCOCCOCCNC(=O)Cn2ccc3c(Nc4nc(Cl)cc5nc[nH]c(=O)c45)cccc32)C(C)(C)C)cc1. The number of thiazole rings is 1. The molecule has 3 atom stereocenters. The van der Waals surface area contributed by atoms with Crippen LogP contribution in [0.3, 0.4) is 0 Å². The average Bonchev–Trinajstić information content (AvgIpc) is 4.08. The highest BCUT2D eigenvalue weighted by atomic mass is 35.5. The molecule has 5 heterocycles. The van der Waals surface area contributed by atoms with Crippen LogP contribution in [0.4, 0.5) is 11.5 Å². The van der Waals surface area contributed by atoms with Gasteiger partial charge in [-0.3, -0.25) is 24.0 Å². The number of hydrogen-bond donors (Lipinski definition) is 6. The number of nitrogens with one attached hydrogen (secondary N) is 5. The van der Waals surface area contributed by atoms with Crippen LogP contribution in [0.25, 0.3) is 32.2 Å². The van der Waals surface area contributed by atoms with Crippen LogP contribution >= 0.6 is 22.9 Å². The Hall–Kier alpha value is -6.33. The highest BCUT2D eigenvalue weighted by Crippen LogP contribution is 2.31. The minimum absolute atomic E-state index is 0.0293. The third-order valence-corrected chi connectivity index (χ3v) is 12.8. The van der Waals surface area contributed by atoms with Crippen molar-refractivity contribution in [2.24, 2.45) is 5.41 Å². The van der Waals surface area contributed by atoms with E-state index >= 15 is 0 Å². The lowest BCUT2D eigenvalue weighted by Gasteiger charge is -2.35. The van der Waals surface area contributed by atoms with Gasteiger partial charge in [0.15, 0.2) is 0 Å². The number of aryl methyl sites for hydroxylation is 1. The predicted octanol–water partition coefficient (Wildman–Crippen LogP) is 4.09. The van der Waals surface area contributed by atoms with E-state index in [1.165, 1.54) is 17.3 Å². The van der Waals surface area contributed by atoms with E-state index in [9.17, 15) is 29.1 Å². The second kappa shape index (κ2) is 24.7.